The zero-order valence-corrected chi connectivity index (χ0v) is 24.9. The number of likely N-dealkylation sites (N-methyl/N-ethyl adjacent to an activating group) is 1. The van der Waals surface area contributed by atoms with Crippen molar-refractivity contribution < 1.29 is 22.8 Å². The summed E-state index contributed by atoms with van der Waals surface area (Å²) in [5.74, 6) is -1.75. The first-order valence-corrected chi connectivity index (χ1v) is 15.5. The summed E-state index contributed by atoms with van der Waals surface area (Å²) in [7, 11) is -2.48. The van der Waals surface area contributed by atoms with Crippen LogP contribution < -0.4 is 16.0 Å². The van der Waals surface area contributed by atoms with E-state index in [0.717, 1.165) is 23.8 Å². The lowest BCUT2D eigenvalue weighted by atomic mass is 9.76. The van der Waals surface area contributed by atoms with Crippen LogP contribution in [0.4, 0.5) is 5.69 Å². The van der Waals surface area contributed by atoms with E-state index in [0.29, 0.717) is 27.9 Å². The smallest absolute Gasteiger partial charge is 0.268 e. The Morgan fingerprint density at radius 3 is 2.28 bits per heavy atom. The highest BCUT2D eigenvalue weighted by atomic mass is 32.2. The van der Waals surface area contributed by atoms with Crippen molar-refractivity contribution in [2.45, 2.75) is 31.6 Å². The van der Waals surface area contributed by atoms with Gasteiger partial charge in [0.25, 0.3) is 21.8 Å². The molecule has 10 heteroatoms. The van der Waals surface area contributed by atoms with Crippen LogP contribution in [0.5, 0.6) is 0 Å². The molecule has 1 saturated carbocycles. The van der Waals surface area contributed by atoms with Crippen molar-refractivity contribution in [2.75, 3.05) is 18.5 Å². The maximum Gasteiger partial charge on any atom is 0.268 e. The molecule has 1 aromatic heterocycles. The minimum atomic E-state index is -3.92. The fourth-order valence-electron chi connectivity index (χ4n) is 6.14. The number of hydrogen-bond donors (Lipinski definition) is 2. The Bertz CT molecular complexity index is 1950. The molecule has 2 heterocycles. The number of carbonyl (C=O) groups excluding carboxylic acids is 3. The summed E-state index contributed by atoms with van der Waals surface area (Å²) >= 11 is 0. The van der Waals surface area contributed by atoms with E-state index >= 15 is 0 Å². The number of carbonyl (C=O) groups is 3. The van der Waals surface area contributed by atoms with Gasteiger partial charge in [-0.05, 0) is 74.1 Å². The largest absolute Gasteiger partial charge is 0.369 e. The van der Waals surface area contributed by atoms with E-state index in [1.54, 1.807) is 48.7 Å². The number of nitrogens with two attached hydrogens (primary N) is 1. The molecule has 9 nitrogen and oxygen atoms in total. The molecule has 0 saturated heterocycles. The van der Waals surface area contributed by atoms with E-state index < -0.39 is 33.2 Å². The van der Waals surface area contributed by atoms with E-state index in [1.165, 1.54) is 22.0 Å². The molecule has 1 aliphatic heterocycles. The van der Waals surface area contributed by atoms with Crippen molar-refractivity contribution in [3.05, 3.63) is 95.7 Å². The molecule has 1 fully saturated rings. The Morgan fingerprint density at radius 1 is 0.953 bits per heavy atom. The Morgan fingerprint density at radius 2 is 1.63 bits per heavy atom. The van der Waals surface area contributed by atoms with Crippen molar-refractivity contribution in [1.82, 2.24) is 9.29 Å². The molecule has 1 atom stereocenters. The van der Waals surface area contributed by atoms with E-state index in [4.69, 9.17) is 5.73 Å². The Balaban J connectivity index is 1.51. The minimum Gasteiger partial charge on any atom is -0.369 e. The van der Waals surface area contributed by atoms with Crippen molar-refractivity contribution in [3.63, 3.8) is 0 Å². The fourth-order valence-corrected chi connectivity index (χ4v) is 7.52. The van der Waals surface area contributed by atoms with Gasteiger partial charge in [-0.1, -0.05) is 48.0 Å². The molecule has 220 valence electrons. The number of anilines is 1. The monoisotopic (exact) mass is 596 g/mol. The van der Waals surface area contributed by atoms with Gasteiger partial charge in [-0.15, -0.1) is 0 Å². The molecule has 0 radical (unpaired) electrons. The highest BCUT2D eigenvalue weighted by Gasteiger charge is 2.53. The van der Waals surface area contributed by atoms with Gasteiger partial charge in [0.2, 0.25) is 5.91 Å². The number of aryl methyl sites for hydroxylation is 1. The second kappa shape index (κ2) is 10.2. The summed E-state index contributed by atoms with van der Waals surface area (Å²) in [4.78, 5) is 41.1. The molecule has 3 amide bonds. The third kappa shape index (κ3) is 4.53. The Hall–Kier alpha value is -4.70. The second-order valence-electron chi connectivity index (χ2n) is 11.3. The maximum absolute atomic E-state index is 13.8. The lowest BCUT2D eigenvalue weighted by Gasteiger charge is -2.39. The summed E-state index contributed by atoms with van der Waals surface area (Å²) in [6.07, 6.45) is 4.56. The van der Waals surface area contributed by atoms with Gasteiger partial charge in [-0.25, -0.2) is 12.4 Å². The molecule has 43 heavy (non-hydrogen) atoms. The van der Waals surface area contributed by atoms with Crippen LogP contribution in [-0.2, 0) is 24.4 Å². The topological polar surface area (TPSA) is 132 Å². The lowest BCUT2D eigenvalue weighted by Crippen LogP contribution is -2.54. The van der Waals surface area contributed by atoms with Gasteiger partial charge in [0, 0.05) is 36.4 Å². The molecule has 3 N–H and O–H groups in total. The van der Waals surface area contributed by atoms with Crippen molar-refractivity contribution in [1.29, 1.82) is 0 Å². The molecular weight excluding hydrogens is 564 g/mol. The van der Waals surface area contributed by atoms with E-state index in [2.05, 4.69) is 5.32 Å². The molecule has 1 unspecified atom stereocenters. The van der Waals surface area contributed by atoms with Crippen LogP contribution in [0, 0.1) is 25.2 Å². The van der Waals surface area contributed by atoms with Crippen LogP contribution in [-0.4, -0.2) is 43.7 Å². The second-order valence-corrected chi connectivity index (χ2v) is 13.1. The molecule has 4 aromatic rings. The quantitative estimate of drug-likeness (QED) is 0.311. The van der Waals surface area contributed by atoms with Gasteiger partial charge in [-0.3, -0.25) is 14.4 Å². The molecule has 6 rings (SSSR count). The van der Waals surface area contributed by atoms with Crippen molar-refractivity contribution in [2.24, 2.45) is 17.1 Å². The van der Waals surface area contributed by atoms with Gasteiger partial charge in [0.1, 0.15) is 5.57 Å². The van der Waals surface area contributed by atoms with Crippen LogP contribution in [0.25, 0.3) is 22.0 Å². The van der Waals surface area contributed by atoms with Gasteiger partial charge in [0.05, 0.1) is 15.8 Å². The van der Waals surface area contributed by atoms with Crippen LogP contribution in [0.2, 0.25) is 0 Å². The first-order chi connectivity index (χ1) is 20.5. The molecule has 1 aliphatic carbocycles. The summed E-state index contributed by atoms with van der Waals surface area (Å²) in [5.41, 5.74) is 8.68. The van der Waals surface area contributed by atoms with Gasteiger partial charge < -0.3 is 16.0 Å². The number of fused-ring (bicyclic) bond motifs is 1. The predicted octanol–water partition coefficient (Wildman–Crippen LogP) is 4.06. The van der Waals surface area contributed by atoms with E-state index in [1.807, 2.05) is 38.1 Å². The number of para-hydroxylation sites is 1. The number of primary amides is 1. The molecule has 3 aromatic carbocycles. The summed E-state index contributed by atoms with van der Waals surface area (Å²) in [6.45, 7) is 3.76. The first-order valence-electron chi connectivity index (χ1n) is 14.1. The van der Waals surface area contributed by atoms with Crippen molar-refractivity contribution >= 4 is 44.3 Å². The maximum atomic E-state index is 13.8. The van der Waals surface area contributed by atoms with Gasteiger partial charge in [-0.2, -0.15) is 0 Å². The number of hydrogen-bond acceptors (Lipinski definition) is 5. The fraction of sp³-hybridized carbons (Fsp3) is 0.242. The third-order valence-electron chi connectivity index (χ3n) is 8.67. The normalized spacial score (nSPS) is 18.9. The average Bonchev–Trinajstić information content (AvgIpc) is 3.75. The standard InChI is InChI=1S/C33H32N4O5S/c1-20-10-14-24(15-11-20)43(41,42)37-17-16-22-6-4-8-26(29(22)37)25-7-5-9-28(21(25)2)36-19-33(32(34)40,23-12-13-23)18-27(31(36)39)30(38)35-3/h4-11,14-18,23H,12-13,19H2,1-3H3,(H2,34,40)(H,35,38). The number of aromatic nitrogens is 1. The number of benzene rings is 3. The highest BCUT2D eigenvalue weighted by molar-refractivity contribution is 7.90. The first kappa shape index (κ1) is 28.4. The minimum absolute atomic E-state index is 0.0129. The predicted molar refractivity (Wildman–Crippen MR) is 165 cm³/mol. The van der Waals surface area contributed by atoms with Gasteiger partial charge >= 0.3 is 0 Å². The Kier molecular flexibility index (Phi) is 6.76. The summed E-state index contributed by atoms with van der Waals surface area (Å²) < 4.78 is 28.9. The SMILES string of the molecule is CNC(=O)C1=CC(C(N)=O)(C2CC2)CN(c2cccc(-c3cccc4ccn(S(=O)(=O)c5ccc(C)cc5)c34)c2C)C1=O. The van der Waals surface area contributed by atoms with Crippen LogP contribution in [0.3, 0.4) is 0 Å². The number of rotatable bonds is 7. The number of nitrogens with zero attached hydrogens (tertiary/aromatic N) is 2. The molecule has 0 bridgehead atoms. The summed E-state index contributed by atoms with van der Waals surface area (Å²) in [6, 6.07) is 19.4. The zero-order chi connectivity index (χ0) is 30.7. The van der Waals surface area contributed by atoms with E-state index in [9.17, 15) is 22.8 Å². The van der Waals surface area contributed by atoms with E-state index in [-0.39, 0.29) is 22.9 Å². The third-order valence-corrected chi connectivity index (χ3v) is 10.4. The number of amides is 3. The molecular formula is C33H32N4O5S. The van der Waals surface area contributed by atoms with Gasteiger partial charge in [0.15, 0.2) is 0 Å². The zero-order valence-electron chi connectivity index (χ0n) is 24.1. The summed E-state index contributed by atoms with van der Waals surface area (Å²) in [5, 5.41) is 3.25. The Labute approximate surface area is 250 Å². The van der Waals surface area contributed by atoms with Crippen LogP contribution in [0.15, 0.2) is 89.5 Å². The highest BCUT2D eigenvalue weighted by Crippen LogP contribution is 2.50. The molecule has 2 aliphatic rings. The molecule has 0 spiro atoms. The van der Waals surface area contributed by atoms with Crippen molar-refractivity contribution in [3.8, 4) is 11.1 Å². The average molecular weight is 597 g/mol. The van der Waals surface area contributed by atoms with Crippen LogP contribution in [0.1, 0.15) is 24.0 Å². The lowest BCUT2D eigenvalue weighted by molar-refractivity contribution is -0.127. The van der Waals surface area contributed by atoms with Crippen LogP contribution >= 0.6 is 0 Å². The number of nitrogens with one attached hydrogen (secondary N) is 1.